The van der Waals surface area contributed by atoms with Crippen LogP contribution in [0.5, 0.6) is 0 Å². The fourth-order valence-corrected chi connectivity index (χ4v) is 3.06. The summed E-state index contributed by atoms with van der Waals surface area (Å²) in [7, 11) is 4.04. The molecule has 2 amide bonds. The molecule has 4 nitrogen and oxygen atoms in total. The largest absolute Gasteiger partial charge is 0.378 e. The van der Waals surface area contributed by atoms with E-state index in [0.29, 0.717) is 18.4 Å². The number of benzene rings is 1. The van der Waals surface area contributed by atoms with E-state index < -0.39 is 0 Å². The highest BCUT2D eigenvalue weighted by Gasteiger charge is 2.25. The average Bonchev–Trinajstić information content (AvgIpc) is 2.44. The van der Waals surface area contributed by atoms with Gasteiger partial charge < -0.3 is 15.1 Å². The Hall–Kier alpha value is -1.71. The number of nitrogens with one attached hydrogen (secondary N) is 1. The van der Waals surface area contributed by atoms with E-state index in [0.717, 1.165) is 24.3 Å². The maximum atomic E-state index is 12.3. The smallest absolute Gasteiger partial charge is 0.317 e. The molecule has 0 radical (unpaired) electrons. The number of hydrogen-bond donors (Lipinski definition) is 1. The maximum Gasteiger partial charge on any atom is 0.317 e. The molecule has 21 heavy (non-hydrogen) atoms. The molecule has 0 aromatic heterocycles. The number of carbonyl (C=O) groups is 1. The van der Waals surface area contributed by atoms with Crippen molar-refractivity contribution in [1.82, 2.24) is 10.2 Å². The number of anilines is 1. The van der Waals surface area contributed by atoms with Crippen molar-refractivity contribution in [3.63, 3.8) is 0 Å². The molecule has 4 heteroatoms. The molecule has 1 N–H and O–H groups in total. The third kappa shape index (κ3) is 4.38. The van der Waals surface area contributed by atoms with Crippen molar-refractivity contribution in [2.45, 2.75) is 26.8 Å². The minimum Gasteiger partial charge on any atom is -0.378 e. The Morgan fingerprint density at radius 2 is 1.95 bits per heavy atom. The van der Waals surface area contributed by atoms with Crippen LogP contribution in [0.25, 0.3) is 0 Å². The first-order valence-electron chi connectivity index (χ1n) is 7.74. The Labute approximate surface area is 128 Å². The van der Waals surface area contributed by atoms with Crippen LogP contribution in [-0.4, -0.2) is 38.1 Å². The Morgan fingerprint density at radius 3 is 2.57 bits per heavy atom. The summed E-state index contributed by atoms with van der Waals surface area (Å²) in [6.45, 7) is 6.76. The first kappa shape index (κ1) is 15.7. The SMILES string of the molecule is CC1CC(C)CN(C(=O)NCc2cccc(N(C)C)c2)C1. The zero-order valence-corrected chi connectivity index (χ0v) is 13.6. The van der Waals surface area contributed by atoms with E-state index in [1.54, 1.807) is 0 Å². The number of piperidine rings is 1. The summed E-state index contributed by atoms with van der Waals surface area (Å²) in [6.07, 6.45) is 1.22. The zero-order valence-electron chi connectivity index (χ0n) is 13.6. The van der Waals surface area contributed by atoms with Gasteiger partial charge in [-0.3, -0.25) is 0 Å². The normalized spacial score (nSPS) is 22.0. The molecule has 0 spiro atoms. The number of nitrogens with zero attached hydrogens (tertiary/aromatic N) is 2. The third-order valence-corrected chi connectivity index (χ3v) is 4.03. The molecule has 1 saturated heterocycles. The van der Waals surface area contributed by atoms with Gasteiger partial charge in [0.2, 0.25) is 0 Å². The van der Waals surface area contributed by atoms with E-state index in [1.807, 2.05) is 25.1 Å². The van der Waals surface area contributed by atoms with Crippen LogP contribution in [0.4, 0.5) is 10.5 Å². The summed E-state index contributed by atoms with van der Waals surface area (Å²) in [5.41, 5.74) is 2.29. The second-order valence-corrected chi connectivity index (χ2v) is 6.57. The van der Waals surface area contributed by atoms with Crippen LogP contribution in [0.3, 0.4) is 0 Å². The van der Waals surface area contributed by atoms with Crippen molar-refractivity contribution in [3.05, 3.63) is 29.8 Å². The summed E-state index contributed by atoms with van der Waals surface area (Å²) in [5.74, 6) is 1.19. The van der Waals surface area contributed by atoms with Gasteiger partial charge in [0.05, 0.1) is 0 Å². The Bertz CT molecular complexity index is 477. The Balaban J connectivity index is 1.90. The maximum absolute atomic E-state index is 12.3. The van der Waals surface area contributed by atoms with Gasteiger partial charge in [0, 0.05) is 39.4 Å². The van der Waals surface area contributed by atoms with Crippen LogP contribution >= 0.6 is 0 Å². The van der Waals surface area contributed by atoms with Crippen LogP contribution in [0.1, 0.15) is 25.8 Å². The highest BCUT2D eigenvalue weighted by Crippen LogP contribution is 2.21. The standard InChI is InChI=1S/C17H27N3O/c1-13-8-14(2)12-20(11-13)17(21)18-10-15-6-5-7-16(9-15)19(3)4/h5-7,9,13-14H,8,10-12H2,1-4H3,(H,18,21). The molecule has 2 unspecified atom stereocenters. The van der Waals surface area contributed by atoms with E-state index in [9.17, 15) is 4.79 Å². The van der Waals surface area contributed by atoms with E-state index in [1.165, 1.54) is 6.42 Å². The molecule has 2 rings (SSSR count). The van der Waals surface area contributed by atoms with Crippen LogP contribution in [0.2, 0.25) is 0 Å². The van der Waals surface area contributed by atoms with Crippen LogP contribution in [-0.2, 0) is 6.54 Å². The molecular formula is C17H27N3O. The molecule has 116 valence electrons. The number of amides is 2. The second kappa shape index (κ2) is 6.83. The molecular weight excluding hydrogens is 262 g/mol. The van der Waals surface area contributed by atoms with Gasteiger partial charge in [-0.1, -0.05) is 26.0 Å². The number of carbonyl (C=O) groups excluding carboxylic acids is 1. The average molecular weight is 289 g/mol. The Kier molecular flexibility index (Phi) is 5.10. The highest BCUT2D eigenvalue weighted by atomic mass is 16.2. The van der Waals surface area contributed by atoms with Crippen LogP contribution in [0, 0.1) is 11.8 Å². The number of rotatable bonds is 3. The van der Waals surface area contributed by atoms with E-state index >= 15 is 0 Å². The van der Waals surface area contributed by atoms with Gasteiger partial charge in [-0.25, -0.2) is 4.79 Å². The van der Waals surface area contributed by atoms with Crippen LogP contribution < -0.4 is 10.2 Å². The topological polar surface area (TPSA) is 35.6 Å². The number of hydrogen-bond acceptors (Lipinski definition) is 2. The van der Waals surface area contributed by atoms with Crippen molar-refractivity contribution in [1.29, 1.82) is 0 Å². The molecule has 1 aliphatic rings. The molecule has 1 aliphatic heterocycles. The van der Waals surface area contributed by atoms with E-state index in [-0.39, 0.29) is 6.03 Å². The van der Waals surface area contributed by atoms with Gasteiger partial charge >= 0.3 is 6.03 Å². The van der Waals surface area contributed by atoms with Crippen LogP contribution in [0.15, 0.2) is 24.3 Å². The highest BCUT2D eigenvalue weighted by molar-refractivity contribution is 5.74. The second-order valence-electron chi connectivity index (χ2n) is 6.57. The fourth-order valence-electron chi connectivity index (χ4n) is 3.06. The minimum absolute atomic E-state index is 0.0589. The first-order chi connectivity index (χ1) is 9.95. The number of urea groups is 1. The monoisotopic (exact) mass is 289 g/mol. The van der Waals surface area contributed by atoms with Crippen molar-refractivity contribution in [3.8, 4) is 0 Å². The van der Waals surface area contributed by atoms with Gasteiger partial charge in [-0.05, 0) is 36.0 Å². The molecule has 2 atom stereocenters. The van der Waals surface area contributed by atoms with Gasteiger partial charge in [0.25, 0.3) is 0 Å². The van der Waals surface area contributed by atoms with E-state index in [2.05, 4.69) is 42.3 Å². The lowest BCUT2D eigenvalue weighted by atomic mass is 9.92. The fraction of sp³-hybridized carbons (Fsp3) is 0.588. The third-order valence-electron chi connectivity index (χ3n) is 4.03. The summed E-state index contributed by atoms with van der Waals surface area (Å²) in [5, 5.41) is 3.04. The predicted octanol–water partition coefficient (Wildman–Crippen LogP) is 2.94. The van der Waals surface area contributed by atoms with Gasteiger partial charge in [0.1, 0.15) is 0 Å². The molecule has 1 aromatic rings. The molecule has 1 fully saturated rings. The summed E-state index contributed by atoms with van der Waals surface area (Å²) < 4.78 is 0. The zero-order chi connectivity index (χ0) is 15.4. The van der Waals surface area contributed by atoms with Crippen molar-refractivity contribution in [2.24, 2.45) is 11.8 Å². The predicted molar refractivity (Wildman–Crippen MR) is 87.5 cm³/mol. The van der Waals surface area contributed by atoms with E-state index in [4.69, 9.17) is 0 Å². The quantitative estimate of drug-likeness (QED) is 0.928. The summed E-state index contributed by atoms with van der Waals surface area (Å²) >= 11 is 0. The van der Waals surface area contributed by atoms with Gasteiger partial charge in [-0.2, -0.15) is 0 Å². The molecule has 1 heterocycles. The molecule has 1 aromatic carbocycles. The van der Waals surface area contributed by atoms with Crippen molar-refractivity contribution < 1.29 is 4.79 Å². The van der Waals surface area contributed by atoms with Gasteiger partial charge in [-0.15, -0.1) is 0 Å². The molecule has 0 saturated carbocycles. The lowest BCUT2D eigenvalue weighted by Crippen LogP contribution is -2.47. The summed E-state index contributed by atoms with van der Waals surface area (Å²) in [6, 6.07) is 8.32. The lowest BCUT2D eigenvalue weighted by molar-refractivity contribution is 0.146. The number of likely N-dealkylation sites (tertiary alicyclic amines) is 1. The first-order valence-corrected chi connectivity index (χ1v) is 7.74. The minimum atomic E-state index is 0.0589. The van der Waals surface area contributed by atoms with Gasteiger partial charge in [0.15, 0.2) is 0 Å². The molecule has 0 aliphatic carbocycles. The van der Waals surface area contributed by atoms with Crippen molar-refractivity contribution in [2.75, 3.05) is 32.1 Å². The van der Waals surface area contributed by atoms with Crippen molar-refractivity contribution >= 4 is 11.7 Å². The summed E-state index contributed by atoms with van der Waals surface area (Å²) in [4.78, 5) is 16.3. The Morgan fingerprint density at radius 1 is 1.29 bits per heavy atom. The molecule has 0 bridgehead atoms. The lowest BCUT2D eigenvalue weighted by Gasteiger charge is -2.35.